The molecule has 1 heteroatoms. The molecule has 0 aromatic carbocycles. The Hall–Kier alpha value is -0.510. The summed E-state index contributed by atoms with van der Waals surface area (Å²) in [6.45, 7) is 7.20. The smallest absolute Gasteiger partial charge is 0.214 e. The standard InChI is InChI=1S/C6H9N/c1-7-5-4-6-2-3-6/h6H,2-5H2. The van der Waals surface area contributed by atoms with E-state index in [1.54, 1.807) is 0 Å². The van der Waals surface area contributed by atoms with Crippen LogP contribution in [0.15, 0.2) is 0 Å². The van der Waals surface area contributed by atoms with Crippen LogP contribution in [0.1, 0.15) is 19.3 Å². The van der Waals surface area contributed by atoms with Gasteiger partial charge in [-0.15, -0.1) is 0 Å². The Labute approximate surface area is 44.2 Å². The first-order chi connectivity index (χ1) is 3.43. The first-order valence-electron chi connectivity index (χ1n) is 2.76. The molecule has 0 spiro atoms. The van der Waals surface area contributed by atoms with Crippen LogP contribution in [0.5, 0.6) is 0 Å². The monoisotopic (exact) mass is 95.1 g/mol. The molecule has 7 heavy (non-hydrogen) atoms. The van der Waals surface area contributed by atoms with E-state index in [1.807, 2.05) is 0 Å². The van der Waals surface area contributed by atoms with E-state index in [9.17, 15) is 0 Å². The molecule has 1 aliphatic carbocycles. The van der Waals surface area contributed by atoms with Gasteiger partial charge < -0.3 is 4.85 Å². The fourth-order valence-corrected chi connectivity index (χ4v) is 0.654. The molecule has 1 nitrogen and oxygen atoms in total. The summed E-state index contributed by atoms with van der Waals surface area (Å²) < 4.78 is 0. The Balaban J connectivity index is 1.91. The van der Waals surface area contributed by atoms with Gasteiger partial charge in [-0.3, -0.25) is 0 Å². The maximum absolute atomic E-state index is 6.45. The third kappa shape index (κ3) is 1.59. The number of hydrogen-bond acceptors (Lipinski definition) is 0. The summed E-state index contributed by atoms with van der Waals surface area (Å²) in [5.41, 5.74) is 0. The molecule has 0 bridgehead atoms. The van der Waals surface area contributed by atoms with Gasteiger partial charge in [0.25, 0.3) is 0 Å². The quantitative estimate of drug-likeness (QED) is 0.460. The Bertz CT molecular complexity index is 86.8. The van der Waals surface area contributed by atoms with Crippen molar-refractivity contribution in [3.8, 4) is 0 Å². The van der Waals surface area contributed by atoms with E-state index in [2.05, 4.69) is 4.85 Å². The van der Waals surface area contributed by atoms with Gasteiger partial charge in [0.1, 0.15) is 0 Å². The molecule has 1 aliphatic rings. The first kappa shape index (κ1) is 4.64. The summed E-state index contributed by atoms with van der Waals surface area (Å²) in [6.07, 6.45) is 3.93. The Morgan fingerprint density at radius 2 is 2.29 bits per heavy atom. The highest BCUT2D eigenvalue weighted by Gasteiger charge is 2.21. The van der Waals surface area contributed by atoms with Gasteiger partial charge in [0.2, 0.25) is 6.54 Å². The topological polar surface area (TPSA) is 4.36 Å². The van der Waals surface area contributed by atoms with Gasteiger partial charge in [-0.1, -0.05) is 0 Å². The molecule has 1 rings (SSSR count). The maximum Gasteiger partial charge on any atom is 0.214 e. The van der Waals surface area contributed by atoms with Crippen LogP contribution >= 0.6 is 0 Å². The normalized spacial score (nSPS) is 18.7. The Kier molecular flexibility index (Phi) is 1.31. The molecule has 0 saturated heterocycles. The molecule has 38 valence electrons. The predicted molar refractivity (Wildman–Crippen MR) is 28.8 cm³/mol. The zero-order valence-electron chi connectivity index (χ0n) is 4.35. The van der Waals surface area contributed by atoms with Crippen molar-refractivity contribution >= 4 is 0 Å². The van der Waals surface area contributed by atoms with Crippen molar-refractivity contribution in [1.82, 2.24) is 0 Å². The van der Waals surface area contributed by atoms with E-state index < -0.39 is 0 Å². The number of hydrogen-bond donors (Lipinski definition) is 0. The second-order valence-electron chi connectivity index (χ2n) is 2.11. The highest BCUT2D eigenvalue weighted by atomic mass is 14.6. The second-order valence-corrected chi connectivity index (χ2v) is 2.11. The molecule has 0 N–H and O–H groups in total. The van der Waals surface area contributed by atoms with Gasteiger partial charge in [-0.05, 0) is 18.8 Å². The van der Waals surface area contributed by atoms with Crippen LogP contribution in [0.25, 0.3) is 4.85 Å². The summed E-state index contributed by atoms with van der Waals surface area (Å²) in [5, 5.41) is 0. The molecule has 0 aromatic heterocycles. The van der Waals surface area contributed by atoms with Gasteiger partial charge in [-0.25, -0.2) is 6.57 Å². The van der Waals surface area contributed by atoms with E-state index in [0.29, 0.717) is 0 Å². The van der Waals surface area contributed by atoms with Gasteiger partial charge in [0, 0.05) is 6.42 Å². The van der Waals surface area contributed by atoms with Crippen molar-refractivity contribution in [2.75, 3.05) is 6.54 Å². The van der Waals surface area contributed by atoms with Crippen molar-refractivity contribution in [3.05, 3.63) is 11.4 Å². The van der Waals surface area contributed by atoms with E-state index in [-0.39, 0.29) is 0 Å². The average Bonchev–Trinajstić information content (AvgIpc) is 2.42. The molecule has 1 fully saturated rings. The molecule has 0 radical (unpaired) electrons. The van der Waals surface area contributed by atoms with Crippen LogP contribution in [0.2, 0.25) is 0 Å². The molecule has 0 aliphatic heterocycles. The Morgan fingerprint density at radius 1 is 1.57 bits per heavy atom. The zero-order valence-corrected chi connectivity index (χ0v) is 4.35. The van der Waals surface area contributed by atoms with Gasteiger partial charge >= 0.3 is 0 Å². The van der Waals surface area contributed by atoms with E-state index in [1.165, 1.54) is 12.8 Å². The minimum atomic E-state index is 0.755. The molecule has 0 atom stereocenters. The lowest BCUT2D eigenvalue weighted by molar-refractivity contribution is 0.779. The number of nitrogens with zero attached hydrogens (tertiary/aromatic N) is 1. The minimum Gasteiger partial charge on any atom is -0.317 e. The van der Waals surface area contributed by atoms with Crippen LogP contribution in [-0.2, 0) is 0 Å². The van der Waals surface area contributed by atoms with E-state index in [4.69, 9.17) is 6.57 Å². The Morgan fingerprint density at radius 3 is 2.71 bits per heavy atom. The fraction of sp³-hybridized carbons (Fsp3) is 0.833. The van der Waals surface area contributed by atoms with Crippen molar-refractivity contribution in [2.45, 2.75) is 19.3 Å². The zero-order chi connectivity index (χ0) is 5.11. The van der Waals surface area contributed by atoms with Crippen molar-refractivity contribution in [3.63, 3.8) is 0 Å². The van der Waals surface area contributed by atoms with Crippen LogP contribution in [0.4, 0.5) is 0 Å². The molecule has 0 amide bonds. The fourth-order valence-electron chi connectivity index (χ4n) is 0.654. The first-order valence-corrected chi connectivity index (χ1v) is 2.76. The van der Waals surface area contributed by atoms with Crippen LogP contribution < -0.4 is 0 Å². The van der Waals surface area contributed by atoms with Gasteiger partial charge in [-0.2, -0.15) is 0 Å². The summed E-state index contributed by atoms with van der Waals surface area (Å²) >= 11 is 0. The van der Waals surface area contributed by atoms with E-state index in [0.717, 1.165) is 18.9 Å². The lowest BCUT2D eigenvalue weighted by Crippen LogP contribution is -1.76. The molecule has 0 aromatic rings. The molecule has 1 saturated carbocycles. The number of rotatable bonds is 2. The third-order valence-electron chi connectivity index (χ3n) is 1.35. The van der Waals surface area contributed by atoms with Gasteiger partial charge in [0.15, 0.2) is 0 Å². The van der Waals surface area contributed by atoms with E-state index >= 15 is 0 Å². The molecule has 0 unspecified atom stereocenters. The summed E-state index contributed by atoms with van der Waals surface area (Å²) in [5.74, 6) is 0.939. The lowest BCUT2D eigenvalue weighted by atomic mass is 10.3. The highest BCUT2D eigenvalue weighted by Crippen LogP contribution is 2.31. The van der Waals surface area contributed by atoms with Crippen LogP contribution in [0, 0.1) is 12.5 Å². The lowest BCUT2D eigenvalue weighted by Gasteiger charge is -1.79. The largest absolute Gasteiger partial charge is 0.317 e. The predicted octanol–water partition coefficient (Wildman–Crippen LogP) is 1.71. The molecule has 0 heterocycles. The highest BCUT2D eigenvalue weighted by molar-refractivity contribution is 4.76. The minimum absolute atomic E-state index is 0.755. The van der Waals surface area contributed by atoms with Crippen LogP contribution in [-0.4, -0.2) is 6.54 Å². The van der Waals surface area contributed by atoms with Crippen LogP contribution in [0.3, 0.4) is 0 Å². The summed E-state index contributed by atoms with van der Waals surface area (Å²) in [6, 6.07) is 0. The summed E-state index contributed by atoms with van der Waals surface area (Å²) in [7, 11) is 0. The van der Waals surface area contributed by atoms with Crippen molar-refractivity contribution in [1.29, 1.82) is 0 Å². The average molecular weight is 95.1 g/mol. The molecular formula is C6H9N. The van der Waals surface area contributed by atoms with Crippen molar-refractivity contribution in [2.24, 2.45) is 5.92 Å². The second kappa shape index (κ2) is 1.97. The molecular weight excluding hydrogens is 86.1 g/mol. The SMILES string of the molecule is [C-]#[N+]CCC1CC1. The maximum atomic E-state index is 6.45. The third-order valence-corrected chi connectivity index (χ3v) is 1.35. The van der Waals surface area contributed by atoms with Gasteiger partial charge in [0.05, 0.1) is 0 Å². The summed E-state index contributed by atoms with van der Waals surface area (Å²) in [4.78, 5) is 3.27. The van der Waals surface area contributed by atoms with Crippen molar-refractivity contribution < 1.29 is 0 Å².